The van der Waals surface area contributed by atoms with Gasteiger partial charge in [-0.25, -0.2) is 0 Å². The van der Waals surface area contributed by atoms with Crippen molar-refractivity contribution in [1.29, 1.82) is 0 Å². The van der Waals surface area contributed by atoms with Gasteiger partial charge < -0.3 is 33.5 Å². The molecule has 1 N–H and O–H groups in total. The van der Waals surface area contributed by atoms with E-state index >= 15 is 0 Å². The molecule has 180 valence electrons. The second-order valence-electron chi connectivity index (χ2n) is 10.8. The zero-order valence-corrected chi connectivity index (χ0v) is 19.3. The van der Waals surface area contributed by atoms with Crippen LogP contribution in [0, 0.1) is 6.92 Å². The van der Waals surface area contributed by atoms with Gasteiger partial charge in [0.05, 0.1) is 13.2 Å². The van der Waals surface area contributed by atoms with Gasteiger partial charge in [-0.05, 0) is 43.7 Å². The van der Waals surface area contributed by atoms with Crippen LogP contribution in [-0.4, -0.2) is 47.9 Å². The van der Waals surface area contributed by atoms with Gasteiger partial charge in [0.15, 0.2) is 23.5 Å². The van der Waals surface area contributed by atoms with Crippen LogP contribution in [0.15, 0.2) is 12.1 Å². The van der Waals surface area contributed by atoms with Crippen molar-refractivity contribution in [2.45, 2.75) is 120 Å². The summed E-state index contributed by atoms with van der Waals surface area (Å²) in [5.74, 6) is -0.804. The van der Waals surface area contributed by atoms with Crippen LogP contribution in [0.25, 0.3) is 0 Å². The highest BCUT2D eigenvalue weighted by molar-refractivity contribution is 5.51. The lowest BCUT2D eigenvalue weighted by molar-refractivity contribution is -0.279. The molecule has 6 aliphatic rings. The summed E-state index contributed by atoms with van der Waals surface area (Å²) in [7, 11) is 0. The second-order valence-corrected chi connectivity index (χ2v) is 10.8. The van der Waals surface area contributed by atoms with Gasteiger partial charge in [0.1, 0.15) is 24.1 Å². The number of hydrogen-bond acceptors (Lipinski definition) is 7. The van der Waals surface area contributed by atoms with E-state index in [1.165, 1.54) is 12.8 Å². The van der Waals surface area contributed by atoms with E-state index in [1.807, 2.05) is 13.0 Å². The van der Waals surface area contributed by atoms with Crippen molar-refractivity contribution in [3.63, 3.8) is 0 Å². The minimum atomic E-state index is -0.889. The van der Waals surface area contributed by atoms with E-state index in [0.717, 1.165) is 68.1 Å². The molecule has 4 aliphatic heterocycles. The van der Waals surface area contributed by atoms with E-state index < -0.39 is 35.7 Å². The Kier molecular flexibility index (Phi) is 4.72. The zero-order chi connectivity index (χ0) is 22.3. The molecule has 1 aromatic carbocycles. The van der Waals surface area contributed by atoms with Gasteiger partial charge in [0, 0.05) is 31.2 Å². The third-order valence-corrected chi connectivity index (χ3v) is 8.85. The van der Waals surface area contributed by atoms with Gasteiger partial charge in [-0.2, -0.15) is 0 Å². The molecule has 3 spiro atoms. The Morgan fingerprint density at radius 3 is 2.30 bits per heavy atom. The quantitative estimate of drug-likeness (QED) is 0.672. The molecule has 1 aromatic rings. The third-order valence-electron chi connectivity index (χ3n) is 8.85. The summed E-state index contributed by atoms with van der Waals surface area (Å²) < 4.78 is 39.4. The van der Waals surface area contributed by atoms with Crippen LogP contribution in [0.1, 0.15) is 80.9 Å². The van der Waals surface area contributed by atoms with Crippen molar-refractivity contribution in [3.05, 3.63) is 28.8 Å². The first kappa shape index (κ1) is 21.1. The normalized spacial score (nSPS) is 40.6. The number of benzene rings is 1. The molecule has 7 nitrogen and oxygen atoms in total. The van der Waals surface area contributed by atoms with Crippen molar-refractivity contribution in [2.24, 2.45) is 0 Å². The maximum absolute atomic E-state index is 10.8. The number of rotatable bonds is 1. The first-order valence-corrected chi connectivity index (χ1v) is 12.8. The molecule has 0 radical (unpaired) electrons. The van der Waals surface area contributed by atoms with Gasteiger partial charge in [0.25, 0.3) is 0 Å². The molecule has 0 bridgehead atoms. The summed E-state index contributed by atoms with van der Waals surface area (Å²) in [6, 6.07) is 4.02. The number of aromatic hydroxyl groups is 1. The second kappa shape index (κ2) is 7.39. The van der Waals surface area contributed by atoms with E-state index in [2.05, 4.69) is 6.07 Å². The largest absolute Gasteiger partial charge is 0.507 e. The van der Waals surface area contributed by atoms with Gasteiger partial charge >= 0.3 is 0 Å². The Balaban J connectivity index is 1.27. The van der Waals surface area contributed by atoms with Gasteiger partial charge in [-0.1, -0.05) is 25.0 Å². The third kappa shape index (κ3) is 2.96. The zero-order valence-electron chi connectivity index (χ0n) is 19.3. The summed E-state index contributed by atoms with van der Waals surface area (Å²) in [5.41, 5.74) is 1.72. The Labute approximate surface area is 194 Å². The van der Waals surface area contributed by atoms with Crippen LogP contribution in [0.4, 0.5) is 0 Å². The number of ether oxygens (including phenoxy) is 6. The molecule has 0 unspecified atom stereocenters. The van der Waals surface area contributed by atoms with E-state index in [1.54, 1.807) is 0 Å². The number of hydrogen-bond donors (Lipinski definition) is 1. The maximum Gasteiger partial charge on any atom is 0.191 e. The fourth-order valence-corrected chi connectivity index (χ4v) is 7.16. The Hall–Kier alpha value is -1.22. The topological polar surface area (TPSA) is 75.6 Å². The number of fused-ring (bicyclic) bond motifs is 4. The molecule has 33 heavy (non-hydrogen) atoms. The van der Waals surface area contributed by atoms with Crippen molar-refractivity contribution in [3.8, 4) is 5.75 Å². The number of phenolic OH excluding ortho intramolecular Hbond substituents is 1. The van der Waals surface area contributed by atoms with E-state index in [-0.39, 0.29) is 6.10 Å². The molecular formula is C26H34O7. The first-order chi connectivity index (χ1) is 16.0. The summed E-state index contributed by atoms with van der Waals surface area (Å²) in [5, 5.41) is 10.8. The van der Waals surface area contributed by atoms with Crippen molar-refractivity contribution >= 4 is 0 Å². The summed E-state index contributed by atoms with van der Waals surface area (Å²) in [6.45, 7) is 2.70. The highest BCUT2D eigenvalue weighted by atomic mass is 16.9. The van der Waals surface area contributed by atoms with Crippen molar-refractivity contribution in [1.82, 2.24) is 0 Å². The molecule has 2 saturated carbocycles. The fourth-order valence-electron chi connectivity index (χ4n) is 7.16. The van der Waals surface area contributed by atoms with Crippen LogP contribution in [0.2, 0.25) is 0 Å². The molecule has 7 rings (SSSR count). The van der Waals surface area contributed by atoms with Crippen LogP contribution >= 0.6 is 0 Å². The number of phenols is 1. The number of aryl methyl sites for hydroxylation is 1. The minimum absolute atomic E-state index is 0.280. The lowest BCUT2D eigenvalue weighted by Crippen LogP contribution is -2.52. The Morgan fingerprint density at radius 1 is 0.818 bits per heavy atom. The molecule has 3 saturated heterocycles. The summed E-state index contributed by atoms with van der Waals surface area (Å²) >= 11 is 0. The molecule has 0 amide bonds. The van der Waals surface area contributed by atoms with Crippen molar-refractivity contribution < 1.29 is 33.5 Å². The highest BCUT2D eigenvalue weighted by Crippen LogP contribution is 2.59. The monoisotopic (exact) mass is 458 g/mol. The standard InChI is InChI=1S/C26H34O7/c1-16-8-9-18-17(20(16)27)14-29-26(18)21(19-15-28-24(31-19)10-4-2-5-11-24)30-23-22(26)32-25(33-23)12-6-3-7-13-25/h8-9,19,21-23,27H,2-7,10-15H2,1H3/t19-,21-,22+,23-,26+/m1/s1. The van der Waals surface area contributed by atoms with E-state index in [4.69, 9.17) is 28.4 Å². The molecular weight excluding hydrogens is 424 g/mol. The van der Waals surface area contributed by atoms with Gasteiger partial charge in [-0.15, -0.1) is 0 Å². The summed E-state index contributed by atoms with van der Waals surface area (Å²) in [4.78, 5) is 0. The molecule has 2 aliphatic carbocycles. The smallest absolute Gasteiger partial charge is 0.191 e. The van der Waals surface area contributed by atoms with E-state index in [9.17, 15) is 5.11 Å². The molecule has 5 fully saturated rings. The van der Waals surface area contributed by atoms with Crippen molar-refractivity contribution in [2.75, 3.05) is 6.61 Å². The van der Waals surface area contributed by atoms with E-state index in [0.29, 0.717) is 19.0 Å². The average molecular weight is 459 g/mol. The SMILES string of the molecule is Cc1ccc2c(c1O)CO[C@]21[C@@H]([C@H]2COC3(CCCCC3)O2)O[C@@H]2OC3(CCCCC3)O[C@@H]21. The lowest BCUT2D eigenvalue weighted by Gasteiger charge is -2.40. The highest BCUT2D eigenvalue weighted by Gasteiger charge is 2.71. The lowest BCUT2D eigenvalue weighted by atomic mass is 9.81. The van der Waals surface area contributed by atoms with Gasteiger partial charge in [-0.3, -0.25) is 0 Å². The molecule has 5 atom stereocenters. The van der Waals surface area contributed by atoms with Crippen LogP contribution < -0.4 is 0 Å². The molecule has 0 aromatic heterocycles. The predicted molar refractivity (Wildman–Crippen MR) is 116 cm³/mol. The summed E-state index contributed by atoms with van der Waals surface area (Å²) in [6.07, 6.45) is 8.82. The maximum atomic E-state index is 10.8. The fraction of sp³-hybridized carbons (Fsp3) is 0.769. The van der Waals surface area contributed by atoms with Crippen LogP contribution in [0.3, 0.4) is 0 Å². The average Bonchev–Trinajstić information content (AvgIpc) is 3.56. The Morgan fingerprint density at radius 2 is 1.55 bits per heavy atom. The van der Waals surface area contributed by atoms with Gasteiger partial charge in [0.2, 0.25) is 0 Å². The molecule has 7 heteroatoms. The molecule has 4 heterocycles. The predicted octanol–water partition coefficient (Wildman–Crippen LogP) is 4.30. The van der Waals surface area contributed by atoms with Crippen LogP contribution in [0.5, 0.6) is 5.75 Å². The Bertz CT molecular complexity index is 935. The first-order valence-electron chi connectivity index (χ1n) is 12.8. The van der Waals surface area contributed by atoms with Crippen LogP contribution in [-0.2, 0) is 40.6 Å². The minimum Gasteiger partial charge on any atom is -0.507 e.